The first-order chi connectivity index (χ1) is 7.25. The Labute approximate surface area is 85.5 Å². The van der Waals surface area contributed by atoms with Crippen molar-refractivity contribution in [1.82, 2.24) is 9.97 Å². The van der Waals surface area contributed by atoms with Gasteiger partial charge in [0, 0.05) is 18.5 Å². The summed E-state index contributed by atoms with van der Waals surface area (Å²) in [6, 6.07) is 5.94. The molecule has 1 aromatic carbocycles. The number of nitrogens with zero attached hydrogens (tertiary/aromatic N) is 2. The zero-order valence-electron chi connectivity index (χ0n) is 7.72. The van der Waals surface area contributed by atoms with E-state index in [9.17, 15) is 4.39 Å². The van der Waals surface area contributed by atoms with Crippen molar-refractivity contribution in [2.24, 2.45) is 0 Å². The lowest BCUT2D eigenvalue weighted by atomic mass is 10.3. The zero-order valence-corrected chi connectivity index (χ0v) is 7.72. The van der Waals surface area contributed by atoms with Gasteiger partial charge in [-0.15, -0.1) is 0 Å². The number of hydrogen-bond donors (Lipinski definition) is 1. The molecule has 2 aromatic rings. The van der Waals surface area contributed by atoms with Crippen molar-refractivity contribution in [3.05, 3.63) is 42.5 Å². The molecule has 5 heteroatoms. The number of rotatable bonds is 2. The molecule has 0 aliphatic rings. The van der Waals surface area contributed by atoms with Gasteiger partial charge in [0.2, 0.25) is 0 Å². The third-order valence-electron chi connectivity index (χ3n) is 1.72. The molecule has 4 nitrogen and oxygen atoms in total. The molecule has 0 fully saturated rings. The Balaban J connectivity index is 2.22. The molecular formula is C10H8FN3O. The fourth-order valence-electron chi connectivity index (χ4n) is 1.03. The van der Waals surface area contributed by atoms with E-state index >= 15 is 0 Å². The summed E-state index contributed by atoms with van der Waals surface area (Å²) in [7, 11) is 0. The molecule has 0 atom stereocenters. The Morgan fingerprint density at radius 1 is 1.20 bits per heavy atom. The second-order valence-electron chi connectivity index (χ2n) is 2.82. The average Bonchev–Trinajstić information content (AvgIpc) is 2.25. The van der Waals surface area contributed by atoms with Crippen molar-refractivity contribution in [2.45, 2.75) is 0 Å². The second kappa shape index (κ2) is 3.91. The van der Waals surface area contributed by atoms with Crippen LogP contribution in [0, 0.1) is 5.82 Å². The van der Waals surface area contributed by atoms with Crippen molar-refractivity contribution < 1.29 is 9.13 Å². The number of halogens is 1. The summed E-state index contributed by atoms with van der Waals surface area (Å²) < 4.78 is 18.1. The maximum Gasteiger partial charge on any atom is 0.321 e. The molecule has 1 heterocycles. The lowest BCUT2D eigenvalue weighted by Crippen LogP contribution is -1.93. The predicted octanol–water partition coefficient (Wildman–Crippen LogP) is 1.99. The van der Waals surface area contributed by atoms with E-state index < -0.39 is 5.82 Å². The topological polar surface area (TPSA) is 61.0 Å². The smallest absolute Gasteiger partial charge is 0.321 e. The van der Waals surface area contributed by atoms with Gasteiger partial charge in [0.05, 0.1) is 5.69 Å². The molecule has 0 spiro atoms. The maximum atomic E-state index is 12.8. The largest absolute Gasteiger partial charge is 0.424 e. The Kier molecular flexibility index (Phi) is 2.45. The summed E-state index contributed by atoms with van der Waals surface area (Å²) in [5.74, 6) is -0.0727. The molecule has 0 radical (unpaired) electrons. The zero-order chi connectivity index (χ0) is 10.7. The number of aromatic nitrogens is 2. The van der Waals surface area contributed by atoms with Crippen molar-refractivity contribution >= 4 is 5.69 Å². The highest BCUT2D eigenvalue weighted by Crippen LogP contribution is 2.21. The van der Waals surface area contributed by atoms with Crippen molar-refractivity contribution in [2.75, 3.05) is 5.73 Å². The Morgan fingerprint density at radius 3 is 2.60 bits per heavy atom. The SMILES string of the molecule is Nc1cc(Oc2ncccn2)ccc1F. The number of benzene rings is 1. The van der Waals surface area contributed by atoms with E-state index in [0.29, 0.717) is 5.75 Å². The van der Waals surface area contributed by atoms with Crippen LogP contribution in [0.4, 0.5) is 10.1 Å². The van der Waals surface area contributed by atoms with Crippen LogP contribution >= 0.6 is 0 Å². The van der Waals surface area contributed by atoms with E-state index in [1.165, 1.54) is 18.2 Å². The Morgan fingerprint density at radius 2 is 1.93 bits per heavy atom. The van der Waals surface area contributed by atoms with E-state index in [0.717, 1.165) is 0 Å². The summed E-state index contributed by atoms with van der Waals surface area (Å²) in [5, 5.41) is 0. The van der Waals surface area contributed by atoms with Crippen LogP contribution in [-0.2, 0) is 0 Å². The van der Waals surface area contributed by atoms with Gasteiger partial charge in [-0.2, -0.15) is 0 Å². The van der Waals surface area contributed by atoms with Crippen molar-refractivity contribution in [1.29, 1.82) is 0 Å². The number of ether oxygens (including phenoxy) is 1. The molecule has 0 unspecified atom stereocenters. The van der Waals surface area contributed by atoms with Crippen molar-refractivity contribution in [3.8, 4) is 11.8 Å². The minimum atomic E-state index is -0.476. The fourth-order valence-corrected chi connectivity index (χ4v) is 1.03. The minimum Gasteiger partial charge on any atom is -0.424 e. The standard InChI is InChI=1S/C10H8FN3O/c11-8-3-2-7(6-9(8)12)15-10-13-4-1-5-14-10/h1-6H,12H2. The van der Waals surface area contributed by atoms with Crippen LogP contribution in [0.15, 0.2) is 36.7 Å². The summed E-state index contributed by atoms with van der Waals surface area (Å²) in [4.78, 5) is 7.72. The third-order valence-corrected chi connectivity index (χ3v) is 1.72. The quantitative estimate of drug-likeness (QED) is 0.761. The Hall–Kier alpha value is -2.17. The van der Waals surface area contributed by atoms with Gasteiger partial charge in [-0.1, -0.05) is 0 Å². The molecule has 0 bridgehead atoms. The first kappa shape index (κ1) is 9.39. The number of anilines is 1. The van der Waals surface area contributed by atoms with Gasteiger partial charge in [0.15, 0.2) is 0 Å². The average molecular weight is 205 g/mol. The van der Waals surface area contributed by atoms with Crippen LogP contribution in [0.5, 0.6) is 11.8 Å². The maximum absolute atomic E-state index is 12.8. The highest BCUT2D eigenvalue weighted by molar-refractivity contribution is 5.45. The third kappa shape index (κ3) is 2.19. The van der Waals surface area contributed by atoms with E-state index in [1.54, 1.807) is 18.5 Å². The van der Waals surface area contributed by atoms with E-state index in [1.807, 2.05) is 0 Å². The summed E-state index contributed by atoms with van der Waals surface area (Å²) >= 11 is 0. The number of hydrogen-bond acceptors (Lipinski definition) is 4. The van der Waals surface area contributed by atoms with Gasteiger partial charge in [-0.3, -0.25) is 0 Å². The van der Waals surface area contributed by atoms with Crippen molar-refractivity contribution in [3.63, 3.8) is 0 Å². The fraction of sp³-hybridized carbons (Fsp3) is 0. The first-order valence-electron chi connectivity index (χ1n) is 4.25. The molecule has 0 saturated carbocycles. The molecule has 15 heavy (non-hydrogen) atoms. The molecule has 76 valence electrons. The molecule has 0 aliphatic heterocycles. The molecule has 0 saturated heterocycles. The molecule has 2 rings (SSSR count). The highest BCUT2D eigenvalue weighted by atomic mass is 19.1. The van der Waals surface area contributed by atoms with Crippen LogP contribution in [0.25, 0.3) is 0 Å². The Bertz CT molecular complexity index is 461. The van der Waals surface area contributed by atoms with Crippen LogP contribution in [-0.4, -0.2) is 9.97 Å². The number of nitrogen functional groups attached to an aromatic ring is 1. The number of nitrogens with two attached hydrogens (primary N) is 1. The normalized spacial score (nSPS) is 9.93. The first-order valence-corrected chi connectivity index (χ1v) is 4.25. The molecule has 0 aliphatic carbocycles. The summed E-state index contributed by atoms with van der Waals surface area (Å²) in [5.41, 5.74) is 5.41. The van der Waals surface area contributed by atoms with E-state index in [-0.39, 0.29) is 11.7 Å². The van der Waals surface area contributed by atoms with Gasteiger partial charge in [-0.25, -0.2) is 14.4 Å². The van der Waals surface area contributed by atoms with Crippen LogP contribution in [0.3, 0.4) is 0 Å². The predicted molar refractivity (Wildman–Crippen MR) is 52.9 cm³/mol. The molecule has 2 N–H and O–H groups in total. The molecule has 0 amide bonds. The van der Waals surface area contributed by atoms with Gasteiger partial charge in [-0.05, 0) is 18.2 Å². The van der Waals surface area contributed by atoms with E-state index in [2.05, 4.69) is 9.97 Å². The van der Waals surface area contributed by atoms with Crippen LogP contribution < -0.4 is 10.5 Å². The van der Waals surface area contributed by atoms with Crippen LogP contribution in [0.2, 0.25) is 0 Å². The highest BCUT2D eigenvalue weighted by Gasteiger charge is 2.02. The van der Waals surface area contributed by atoms with Gasteiger partial charge >= 0.3 is 6.01 Å². The van der Waals surface area contributed by atoms with Gasteiger partial charge < -0.3 is 10.5 Å². The molecule has 1 aromatic heterocycles. The monoisotopic (exact) mass is 205 g/mol. The minimum absolute atomic E-state index is 0.0310. The van der Waals surface area contributed by atoms with Crippen LogP contribution in [0.1, 0.15) is 0 Å². The van der Waals surface area contributed by atoms with E-state index in [4.69, 9.17) is 10.5 Å². The lowest BCUT2D eigenvalue weighted by Gasteiger charge is -2.03. The molecular weight excluding hydrogens is 197 g/mol. The lowest BCUT2D eigenvalue weighted by molar-refractivity contribution is 0.441. The van der Waals surface area contributed by atoms with Gasteiger partial charge in [0.1, 0.15) is 11.6 Å². The van der Waals surface area contributed by atoms with Gasteiger partial charge in [0.25, 0.3) is 0 Å². The summed E-state index contributed by atoms with van der Waals surface area (Å²) in [6.07, 6.45) is 3.10. The second-order valence-corrected chi connectivity index (χ2v) is 2.82. The summed E-state index contributed by atoms with van der Waals surface area (Å²) in [6.45, 7) is 0.